The highest BCUT2D eigenvalue weighted by molar-refractivity contribution is 8.00. The Kier molecular flexibility index (Phi) is 24.0. The number of aliphatic hydroxyl groups excluding tert-OH is 3. The van der Waals surface area contributed by atoms with E-state index in [9.17, 15) is 69.1 Å². The van der Waals surface area contributed by atoms with Gasteiger partial charge in [-0.05, 0) is 78.9 Å². The second-order valence-electron chi connectivity index (χ2n) is 23.0. The zero-order valence-corrected chi connectivity index (χ0v) is 59.2. The number of phenolic OH excluding ortho intramolecular Hbond substituents is 3. The highest BCUT2D eigenvalue weighted by Gasteiger charge is 2.32. The normalized spacial score (nSPS) is 15.0. The molecule has 0 atom stereocenters. The molecule has 3 aliphatic rings. The number of aliphatic hydroxyl groups is 3. The molecule has 0 bridgehead atoms. The Morgan fingerprint density at radius 1 is 0.400 bits per heavy atom. The molecule has 9 aromatic rings. The molecule has 3 heterocycles. The van der Waals surface area contributed by atoms with Crippen molar-refractivity contribution >= 4 is 144 Å². The van der Waals surface area contributed by atoms with Crippen molar-refractivity contribution in [1.29, 1.82) is 0 Å². The van der Waals surface area contributed by atoms with Crippen LogP contribution in [0, 0.1) is 17.5 Å². The predicted molar refractivity (Wildman–Crippen MR) is 398 cm³/mol. The third kappa shape index (κ3) is 18.3. The fourth-order valence-corrected chi connectivity index (χ4v) is 17.4. The van der Waals surface area contributed by atoms with Crippen molar-refractivity contribution < 1.29 is 69.1 Å². The molecule has 0 unspecified atom stereocenters. The van der Waals surface area contributed by atoms with Crippen LogP contribution >= 0.6 is 46.9 Å². The highest BCUT2D eigenvalue weighted by atomic mass is 35.5. The van der Waals surface area contributed by atoms with E-state index in [1.54, 1.807) is 102 Å². The lowest BCUT2D eigenvalue weighted by molar-refractivity contribution is 0.385. The molecular formula is C69H71ClF3N9O12S6. The molecule has 0 saturated carbocycles. The molecule has 31 heteroatoms. The molecule has 0 amide bonds. The smallest absolute Gasteiger partial charge is 0.301 e. The van der Waals surface area contributed by atoms with Crippen LogP contribution in [-0.2, 0) is 30.6 Å². The number of phenols is 3. The lowest BCUT2D eigenvalue weighted by atomic mass is 10.1. The molecule has 9 aromatic carbocycles. The molecule has 0 spiro atoms. The highest BCUT2D eigenvalue weighted by Crippen LogP contribution is 2.44. The zero-order valence-electron chi connectivity index (χ0n) is 53.5. The number of hydrogen-bond donors (Lipinski definition) is 9. The number of nitrogens with zero attached hydrogens (tertiary/aromatic N) is 6. The van der Waals surface area contributed by atoms with E-state index in [0.717, 1.165) is 41.0 Å². The van der Waals surface area contributed by atoms with Crippen LogP contribution in [0.4, 0.5) is 47.3 Å². The number of aromatic hydroxyl groups is 3. The van der Waals surface area contributed by atoms with Crippen molar-refractivity contribution in [3.05, 3.63) is 217 Å². The number of rotatable bonds is 21. The second-order valence-corrected chi connectivity index (χ2v) is 31.5. The van der Waals surface area contributed by atoms with Crippen LogP contribution in [0.2, 0.25) is 5.02 Å². The summed E-state index contributed by atoms with van der Waals surface area (Å²) in [5, 5.41) is 64.0. The monoisotopic (exact) mass is 1500 g/mol. The Morgan fingerprint density at radius 2 is 0.690 bits per heavy atom. The summed E-state index contributed by atoms with van der Waals surface area (Å²) in [6, 6.07) is 42.5. The maximum absolute atomic E-state index is 14.1. The third-order valence-corrected chi connectivity index (χ3v) is 24.3. The van der Waals surface area contributed by atoms with Crippen molar-refractivity contribution in [2.75, 3.05) is 125 Å². The van der Waals surface area contributed by atoms with Gasteiger partial charge in [-0.25, -0.2) is 13.2 Å². The summed E-state index contributed by atoms with van der Waals surface area (Å²) >= 11 is 9.43. The summed E-state index contributed by atoms with van der Waals surface area (Å²) in [5.74, 6) is -1.30. The van der Waals surface area contributed by atoms with E-state index >= 15 is 0 Å². The van der Waals surface area contributed by atoms with E-state index in [-0.39, 0.29) is 108 Å². The van der Waals surface area contributed by atoms with Gasteiger partial charge in [-0.15, -0.1) is 35.3 Å². The fourth-order valence-electron chi connectivity index (χ4n) is 11.3. The van der Waals surface area contributed by atoms with E-state index in [1.807, 2.05) is 29.2 Å². The fraction of sp³-hybridized carbons (Fsp3) is 0.217. The average Bonchev–Trinajstić information content (AvgIpc) is 0.802. The molecule has 21 nitrogen and oxygen atoms in total. The van der Waals surface area contributed by atoms with E-state index in [0.29, 0.717) is 103 Å². The molecule has 0 radical (unpaired) electrons. The van der Waals surface area contributed by atoms with Gasteiger partial charge in [0, 0.05) is 133 Å². The van der Waals surface area contributed by atoms with E-state index in [2.05, 4.69) is 38.8 Å². The molecular weight excluding hydrogens is 1430 g/mol. The lowest BCUT2D eigenvalue weighted by Gasteiger charge is -2.35. The number of anilines is 6. The largest absolute Gasteiger partial charge is 0.512 e. The molecule has 9 N–H and O–H groups in total. The number of benzene rings is 9. The van der Waals surface area contributed by atoms with E-state index < -0.39 is 42.3 Å². The Morgan fingerprint density at radius 3 is 1.00 bits per heavy atom. The Bertz CT molecular complexity index is 4660. The molecule has 0 aromatic heterocycles. The number of halogens is 4. The van der Waals surface area contributed by atoms with Crippen molar-refractivity contribution in [3.8, 4) is 17.2 Å². The van der Waals surface area contributed by atoms with Crippen molar-refractivity contribution in [2.45, 2.75) is 14.7 Å². The SMILES string of the molecule is C=C(O)CSc1cc(NS(=O)(=O)N2CCN(c3ccc(Cl)cc3)CC2)c2ccccc2c1O.C=C(O)CSc1cc(NS(=O)(=O)N2CCN(c3ccc(F)cc3)CC2)c2ccccc2c1O.C=C(O)CSc1cc(NS(=O)(=O)N2CCN(c3ccc(F)cc3F)CC2)c2ccccc2c1O. The Labute approximate surface area is 595 Å². The van der Waals surface area contributed by atoms with Gasteiger partial charge in [-0.2, -0.15) is 38.2 Å². The molecule has 528 valence electrons. The first-order chi connectivity index (χ1) is 47.6. The van der Waals surface area contributed by atoms with Crippen LogP contribution in [0.15, 0.2) is 209 Å². The molecule has 3 saturated heterocycles. The summed E-state index contributed by atoms with van der Waals surface area (Å²) < 4.78 is 132. The summed E-state index contributed by atoms with van der Waals surface area (Å²) in [5.41, 5.74) is 3.07. The van der Waals surface area contributed by atoms with E-state index in [1.165, 1.54) is 55.0 Å². The molecule has 3 fully saturated rings. The van der Waals surface area contributed by atoms with Gasteiger partial charge in [0.2, 0.25) is 0 Å². The first-order valence-corrected chi connectivity index (χ1v) is 38.6. The topological polar surface area (TPSA) is 279 Å². The van der Waals surface area contributed by atoms with Crippen LogP contribution in [0.5, 0.6) is 17.2 Å². The van der Waals surface area contributed by atoms with Gasteiger partial charge in [0.05, 0.1) is 72.0 Å². The number of thioether (sulfide) groups is 3. The average molecular weight is 1500 g/mol. The van der Waals surface area contributed by atoms with Crippen LogP contribution in [-0.4, -0.2) is 165 Å². The van der Waals surface area contributed by atoms with Gasteiger partial charge in [0.15, 0.2) is 0 Å². The molecule has 100 heavy (non-hydrogen) atoms. The maximum atomic E-state index is 14.1. The zero-order chi connectivity index (χ0) is 71.6. The number of fused-ring (bicyclic) bond motifs is 3. The van der Waals surface area contributed by atoms with Crippen molar-refractivity contribution in [1.82, 2.24) is 12.9 Å². The van der Waals surface area contributed by atoms with Gasteiger partial charge < -0.3 is 45.3 Å². The minimum Gasteiger partial charge on any atom is -0.512 e. The Balaban J connectivity index is 0.000000162. The van der Waals surface area contributed by atoms with Gasteiger partial charge in [0.1, 0.15) is 34.7 Å². The summed E-state index contributed by atoms with van der Waals surface area (Å²) in [7, 11) is -11.7. The van der Waals surface area contributed by atoms with Crippen LogP contribution in [0.25, 0.3) is 32.3 Å². The predicted octanol–water partition coefficient (Wildman–Crippen LogP) is 13.6. The van der Waals surface area contributed by atoms with Crippen LogP contribution < -0.4 is 28.9 Å². The molecule has 0 aliphatic carbocycles. The minimum atomic E-state index is -3.97. The number of piperazine rings is 3. The third-order valence-electron chi connectivity index (χ3n) is 16.2. The number of hydrogen-bond acceptors (Lipinski definition) is 18. The first kappa shape index (κ1) is 74.1. The van der Waals surface area contributed by atoms with Gasteiger partial charge in [-0.3, -0.25) is 14.2 Å². The quantitative estimate of drug-likeness (QED) is 0.0184. The van der Waals surface area contributed by atoms with Gasteiger partial charge in [0.25, 0.3) is 0 Å². The summed E-state index contributed by atoms with van der Waals surface area (Å²) in [4.78, 5) is 7.08. The van der Waals surface area contributed by atoms with Crippen LogP contribution in [0.3, 0.4) is 0 Å². The molecule has 12 rings (SSSR count). The van der Waals surface area contributed by atoms with Gasteiger partial charge >= 0.3 is 30.6 Å². The van der Waals surface area contributed by atoms with Crippen molar-refractivity contribution in [2.24, 2.45) is 0 Å². The molecule has 3 aliphatic heterocycles. The standard InChI is InChI=1S/C23H24ClN3O4S2.C23H23F2N3O4S2.C23H24FN3O4S2/c1-16(28)15-32-22-14-21(19-4-2-3-5-20(19)23(22)29)25-33(30,31)27-12-10-26(11-13-27)18-8-6-17(24)7-9-18;1-15(29)14-33-22-13-20(17-4-2-3-5-18(17)23(22)30)26-34(31,32)28-10-8-27(9-11-28)21-7-6-16(24)12-19(21)25;1-16(28)15-32-22-14-21(19-4-2-3-5-20(19)23(22)29)25-33(30,31)27-12-10-26(11-13-27)18-8-6-17(24)7-9-18/h2-9,14,25,28-29H,1,10-13,15H2;2-7,12-13,26,29-30H,1,8-11,14H2;2-9,14,25,28-29H,1,10-13,15H2. The lowest BCUT2D eigenvalue weighted by Crippen LogP contribution is -2.50. The second kappa shape index (κ2) is 32.4. The maximum Gasteiger partial charge on any atom is 0.301 e. The number of nitrogens with one attached hydrogen (secondary N) is 3. The van der Waals surface area contributed by atoms with Crippen molar-refractivity contribution in [3.63, 3.8) is 0 Å². The Hall–Kier alpha value is -8.56. The summed E-state index contributed by atoms with van der Waals surface area (Å²) in [6.45, 7) is 14.3. The van der Waals surface area contributed by atoms with E-state index in [4.69, 9.17) is 11.6 Å². The van der Waals surface area contributed by atoms with Gasteiger partial charge in [-0.1, -0.05) is 104 Å². The minimum absolute atomic E-state index is 0.0141. The summed E-state index contributed by atoms with van der Waals surface area (Å²) in [6.07, 6.45) is 0. The first-order valence-electron chi connectivity index (χ1n) is 30.9. The van der Waals surface area contributed by atoms with Crippen LogP contribution in [0.1, 0.15) is 0 Å².